The molecule has 0 radical (unpaired) electrons. The predicted molar refractivity (Wildman–Crippen MR) is 161 cm³/mol. The zero-order valence-electron chi connectivity index (χ0n) is 24.3. The Morgan fingerprint density at radius 2 is 2.02 bits per heavy atom. The number of ether oxygens (including phenoxy) is 2. The Labute approximate surface area is 248 Å². The first-order chi connectivity index (χ1) is 19.5. The molecule has 0 amide bonds. The van der Waals surface area contributed by atoms with Gasteiger partial charge in [0.15, 0.2) is 5.60 Å². The fourth-order valence-electron chi connectivity index (χ4n) is 4.80. The summed E-state index contributed by atoms with van der Waals surface area (Å²) < 4.78 is 10.8. The van der Waals surface area contributed by atoms with Crippen LogP contribution in [0, 0.1) is 16.7 Å². The maximum atomic E-state index is 10.9. The van der Waals surface area contributed by atoms with Crippen molar-refractivity contribution in [1.29, 1.82) is 5.26 Å². The van der Waals surface area contributed by atoms with Crippen molar-refractivity contribution < 1.29 is 19.4 Å². The number of hydrogen-bond acceptors (Lipinski definition) is 9. The number of aromatic nitrogens is 2. The number of carboxylic acids is 1. The van der Waals surface area contributed by atoms with Gasteiger partial charge in [0.25, 0.3) is 0 Å². The van der Waals surface area contributed by atoms with Crippen molar-refractivity contribution >= 4 is 29.2 Å². The second kappa shape index (κ2) is 15.3. The molecule has 1 aliphatic heterocycles. The second-order valence-electron chi connectivity index (χ2n) is 11.4. The molecule has 0 spiro atoms. The highest BCUT2D eigenvalue weighted by Crippen LogP contribution is 2.31. The van der Waals surface area contributed by atoms with Gasteiger partial charge in [-0.1, -0.05) is 36.9 Å². The number of nitriles is 1. The number of nitrogens with zero attached hydrogens (tertiary/aromatic N) is 3. The van der Waals surface area contributed by atoms with Gasteiger partial charge >= 0.3 is 5.97 Å². The number of nitrogens with one attached hydrogen (secondary N) is 2. The summed E-state index contributed by atoms with van der Waals surface area (Å²) in [5.41, 5.74) is 5.67. The van der Waals surface area contributed by atoms with Gasteiger partial charge in [0, 0.05) is 43.6 Å². The largest absolute Gasteiger partial charge is 0.479 e. The Bertz CT molecular complexity index is 1180. The number of anilines is 2. The first-order valence-electron chi connectivity index (χ1n) is 14.3. The lowest BCUT2D eigenvalue weighted by molar-refractivity contribution is -0.161. The van der Waals surface area contributed by atoms with E-state index >= 15 is 0 Å². The summed E-state index contributed by atoms with van der Waals surface area (Å²) in [7, 11) is 0. The summed E-state index contributed by atoms with van der Waals surface area (Å²) in [6.45, 7) is 7.44. The Hall–Kier alpha value is -2.97. The van der Waals surface area contributed by atoms with E-state index < -0.39 is 17.0 Å². The van der Waals surface area contributed by atoms with Crippen molar-refractivity contribution in [3.05, 3.63) is 35.5 Å². The molecule has 1 atom stereocenters. The Morgan fingerprint density at radius 3 is 2.68 bits per heavy atom. The summed E-state index contributed by atoms with van der Waals surface area (Å²) in [5, 5.41) is 25.7. The van der Waals surface area contributed by atoms with E-state index in [1.165, 1.54) is 38.3 Å². The zero-order valence-corrected chi connectivity index (χ0v) is 25.0. The number of nitrogen functional groups attached to an aromatic ring is 1. The van der Waals surface area contributed by atoms with Gasteiger partial charge in [0.2, 0.25) is 0 Å². The minimum absolute atomic E-state index is 0.205. The minimum atomic E-state index is -1.09. The molecular formula is C30H43ClN6O4. The van der Waals surface area contributed by atoms with Gasteiger partial charge in [0.1, 0.15) is 11.6 Å². The number of aliphatic carboxylic acids is 1. The highest BCUT2D eigenvalue weighted by Gasteiger charge is 2.32. The molecule has 224 valence electrons. The fourth-order valence-corrected chi connectivity index (χ4v) is 5.00. The SMILES string of the molecule is CC(COC(C)(C)C(=O)O)NC1CCCCC1.N#CC1(CNc2cccc(-c3cc(N)ncc3Cl)n2)CCOCC1. The lowest BCUT2D eigenvalue weighted by atomic mass is 9.82. The minimum Gasteiger partial charge on any atom is -0.479 e. The van der Waals surface area contributed by atoms with E-state index in [0.717, 1.165) is 18.4 Å². The summed E-state index contributed by atoms with van der Waals surface area (Å²) >= 11 is 6.19. The molecule has 1 saturated carbocycles. The number of carbonyl (C=O) groups is 1. The Morgan fingerprint density at radius 1 is 1.32 bits per heavy atom. The van der Waals surface area contributed by atoms with Crippen LogP contribution in [0.15, 0.2) is 30.5 Å². The van der Waals surface area contributed by atoms with E-state index in [0.29, 0.717) is 54.8 Å². The Balaban J connectivity index is 0.000000241. The van der Waals surface area contributed by atoms with E-state index in [1.807, 2.05) is 25.1 Å². The molecule has 3 heterocycles. The molecule has 5 N–H and O–H groups in total. The van der Waals surface area contributed by atoms with Crippen LogP contribution in [0.4, 0.5) is 11.6 Å². The van der Waals surface area contributed by atoms with Crippen LogP contribution in [0.5, 0.6) is 0 Å². The number of hydrogen-bond donors (Lipinski definition) is 4. The van der Waals surface area contributed by atoms with Crippen molar-refractivity contribution in [1.82, 2.24) is 15.3 Å². The van der Waals surface area contributed by atoms with Gasteiger partial charge in [-0.3, -0.25) is 0 Å². The van der Waals surface area contributed by atoms with Crippen molar-refractivity contribution in [2.45, 2.75) is 83.4 Å². The molecule has 1 unspecified atom stereocenters. The zero-order chi connectivity index (χ0) is 29.9. The quantitative estimate of drug-likeness (QED) is 0.288. The van der Waals surface area contributed by atoms with Gasteiger partial charge in [-0.05, 0) is 64.7 Å². The summed E-state index contributed by atoms with van der Waals surface area (Å²) in [6, 6.07) is 10.5. The molecule has 1 saturated heterocycles. The second-order valence-corrected chi connectivity index (χ2v) is 11.8. The molecule has 41 heavy (non-hydrogen) atoms. The number of nitrogens with two attached hydrogens (primary N) is 1. The number of pyridine rings is 2. The van der Waals surface area contributed by atoms with Gasteiger partial charge in [-0.2, -0.15) is 5.26 Å². The lowest BCUT2D eigenvalue weighted by Crippen LogP contribution is -2.44. The van der Waals surface area contributed by atoms with Gasteiger partial charge in [0.05, 0.1) is 28.8 Å². The molecule has 1 aliphatic carbocycles. The highest BCUT2D eigenvalue weighted by molar-refractivity contribution is 6.33. The molecule has 0 bridgehead atoms. The molecule has 0 aromatic carbocycles. The third kappa shape index (κ3) is 10.1. The van der Waals surface area contributed by atoms with Crippen LogP contribution < -0.4 is 16.4 Å². The van der Waals surface area contributed by atoms with Crippen molar-refractivity contribution in [2.24, 2.45) is 5.41 Å². The number of rotatable bonds is 10. The highest BCUT2D eigenvalue weighted by atomic mass is 35.5. The topological polar surface area (TPSA) is 155 Å². The standard InChI is InChI=1S/C17H18ClN5O.C13H25NO3/c18-13-9-21-15(20)8-12(13)14-2-1-3-16(23-14)22-11-17(10-19)4-6-24-7-5-17;1-10(9-17-13(2,3)12(15)16)14-11-7-5-4-6-8-11/h1-3,8-9H,4-7,11H2,(H2,20,21)(H,22,23);10-11,14H,4-9H2,1-3H3,(H,15,16). The molecule has 11 heteroatoms. The molecule has 4 rings (SSSR count). The average Bonchev–Trinajstić information content (AvgIpc) is 2.98. The number of halogens is 1. The van der Waals surface area contributed by atoms with E-state index in [2.05, 4.69) is 26.7 Å². The smallest absolute Gasteiger partial charge is 0.335 e. The number of carboxylic acid groups (broad SMARTS) is 1. The summed E-state index contributed by atoms with van der Waals surface area (Å²) in [4.78, 5) is 19.4. The van der Waals surface area contributed by atoms with Crippen LogP contribution in [-0.4, -0.2) is 65.1 Å². The average molecular weight is 587 g/mol. The van der Waals surface area contributed by atoms with Crippen LogP contribution in [0.2, 0.25) is 5.02 Å². The van der Waals surface area contributed by atoms with E-state index in [1.54, 1.807) is 19.9 Å². The third-order valence-electron chi connectivity index (χ3n) is 7.53. The van der Waals surface area contributed by atoms with E-state index in [9.17, 15) is 10.1 Å². The molecule has 10 nitrogen and oxygen atoms in total. The van der Waals surface area contributed by atoms with Crippen LogP contribution in [-0.2, 0) is 14.3 Å². The van der Waals surface area contributed by atoms with E-state index in [4.69, 9.17) is 31.9 Å². The monoisotopic (exact) mass is 586 g/mol. The van der Waals surface area contributed by atoms with Gasteiger partial charge in [-0.15, -0.1) is 0 Å². The van der Waals surface area contributed by atoms with Crippen LogP contribution in [0.25, 0.3) is 11.3 Å². The Kier molecular flexibility index (Phi) is 12.2. The molecule has 2 aromatic heterocycles. The van der Waals surface area contributed by atoms with Crippen molar-refractivity contribution in [3.8, 4) is 17.3 Å². The predicted octanol–water partition coefficient (Wildman–Crippen LogP) is 5.29. The summed E-state index contributed by atoms with van der Waals surface area (Å²) in [6.07, 6.45) is 9.36. The third-order valence-corrected chi connectivity index (χ3v) is 7.83. The van der Waals surface area contributed by atoms with Crippen LogP contribution in [0.3, 0.4) is 0 Å². The van der Waals surface area contributed by atoms with Gasteiger partial charge in [-0.25, -0.2) is 14.8 Å². The first-order valence-corrected chi connectivity index (χ1v) is 14.7. The first kappa shape index (κ1) is 32.5. The maximum Gasteiger partial charge on any atom is 0.335 e. The molecular weight excluding hydrogens is 544 g/mol. The molecule has 2 aliphatic rings. The van der Waals surface area contributed by atoms with Crippen LogP contribution in [0.1, 0.15) is 65.7 Å². The lowest BCUT2D eigenvalue weighted by Gasteiger charge is -2.30. The molecule has 2 fully saturated rings. The van der Waals surface area contributed by atoms with E-state index in [-0.39, 0.29) is 6.04 Å². The van der Waals surface area contributed by atoms with Crippen molar-refractivity contribution in [2.75, 3.05) is 37.4 Å². The van der Waals surface area contributed by atoms with Gasteiger partial charge < -0.3 is 30.9 Å². The van der Waals surface area contributed by atoms with Crippen molar-refractivity contribution in [3.63, 3.8) is 0 Å². The normalized spacial score (nSPS) is 17.9. The maximum absolute atomic E-state index is 10.9. The molecule has 2 aromatic rings. The summed E-state index contributed by atoms with van der Waals surface area (Å²) in [5.74, 6) is 0.169. The fraction of sp³-hybridized carbons (Fsp3) is 0.600. The van der Waals surface area contributed by atoms with Crippen LogP contribution >= 0.6 is 11.6 Å².